The maximum absolute atomic E-state index is 9.04. The van der Waals surface area contributed by atoms with Gasteiger partial charge in [0, 0.05) is 25.0 Å². The summed E-state index contributed by atoms with van der Waals surface area (Å²) in [7, 11) is 0. The van der Waals surface area contributed by atoms with Crippen LogP contribution >= 0.6 is 0 Å². The summed E-state index contributed by atoms with van der Waals surface area (Å²) < 4.78 is 9.42. The molecule has 0 spiro atoms. The van der Waals surface area contributed by atoms with E-state index in [2.05, 4.69) is 0 Å². The number of ether oxygens (including phenoxy) is 2. The molecule has 0 aromatic heterocycles. The Balaban J connectivity index is 4.40. The highest BCUT2D eigenvalue weighted by Crippen LogP contribution is 2.18. The predicted molar refractivity (Wildman–Crippen MR) is 48.4 cm³/mol. The van der Waals surface area contributed by atoms with Gasteiger partial charge in [0.25, 0.3) is 0 Å². The van der Waals surface area contributed by atoms with Gasteiger partial charge in [-0.15, -0.1) is 0 Å². The monoisotopic (exact) mass is 226 g/mol. The van der Waals surface area contributed by atoms with E-state index in [0.717, 1.165) is 0 Å². The number of hydrogen-bond donors (Lipinski definition) is 5. The zero-order valence-electron chi connectivity index (χ0n) is 8.32. The molecule has 0 aromatic rings. The van der Waals surface area contributed by atoms with E-state index in [0.29, 0.717) is 0 Å². The van der Waals surface area contributed by atoms with Crippen LogP contribution in [0, 0.1) is 11.8 Å². The molecule has 0 aliphatic carbocycles. The number of rotatable bonds is 9. The lowest BCUT2D eigenvalue weighted by atomic mass is 9.94. The third kappa shape index (κ3) is 4.85. The normalized spacial score (nSPS) is 13.8. The molecule has 7 heteroatoms. The molecule has 0 aliphatic rings. The first-order valence-corrected chi connectivity index (χ1v) is 4.52. The second-order valence-corrected chi connectivity index (χ2v) is 2.93. The zero-order valence-corrected chi connectivity index (χ0v) is 8.32. The summed E-state index contributed by atoms with van der Waals surface area (Å²) in [6.07, 6.45) is -1.07. The molecule has 1 unspecified atom stereocenters. The van der Waals surface area contributed by atoms with Crippen LogP contribution in [-0.2, 0) is 9.47 Å². The lowest BCUT2D eigenvalue weighted by molar-refractivity contribution is -0.246. The molecular weight excluding hydrogens is 208 g/mol. The van der Waals surface area contributed by atoms with Crippen molar-refractivity contribution in [2.24, 2.45) is 11.8 Å². The van der Waals surface area contributed by atoms with Gasteiger partial charge in [-0.1, -0.05) is 0 Å². The second kappa shape index (κ2) is 8.98. The fraction of sp³-hybridized carbons (Fsp3) is 1.00. The Morgan fingerprint density at radius 1 is 0.733 bits per heavy atom. The van der Waals surface area contributed by atoms with Gasteiger partial charge < -0.3 is 35.0 Å². The molecule has 0 bridgehead atoms. The number of hydrogen-bond acceptors (Lipinski definition) is 7. The first kappa shape index (κ1) is 14.7. The summed E-state index contributed by atoms with van der Waals surface area (Å²) in [5.74, 6) is -1.36. The fourth-order valence-corrected chi connectivity index (χ4v) is 1.23. The molecule has 0 amide bonds. The Hall–Kier alpha value is -0.280. The van der Waals surface area contributed by atoms with Crippen molar-refractivity contribution in [3.05, 3.63) is 0 Å². The van der Waals surface area contributed by atoms with Crippen LogP contribution in [0.5, 0.6) is 0 Å². The maximum Gasteiger partial charge on any atom is 0.168 e. The van der Waals surface area contributed by atoms with Gasteiger partial charge in [-0.05, 0) is 0 Å². The van der Waals surface area contributed by atoms with Crippen LogP contribution in [0.1, 0.15) is 0 Å². The topological polar surface area (TPSA) is 120 Å². The van der Waals surface area contributed by atoms with Crippen LogP contribution in [0.2, 0.25) is 0 Å². The van der Waals surface area contributed by atoms with Gasteiger partial charge in [0.05, 0.1) is 6.61 Å². The van der Waals surface area contributed by atoms with Crippen LogP contribution in [-0.4, -0.2) is 65.2 Å². The molecule has 0 fully saturated rings. The quantitative estimate of drug-likeness (QED) is 0.275. The molecule has 0 saturated heterocycles. The van der Waals surface area contributed by atoms with Crippen LogP contribution in [0.25, 0.3) is 0 Å². The first-order valence-electron chi connectivity index (χ1n) is 4.52. The van der Waals surface area contributed by atoms with Gasteiger partial charge in [0.2, 0.25) is 0 Å². The van der Waals surface area contributed by atoms with Crippen LogP contribution in [0.3, 0.4) is 0 Å². The molecule has 1 atom stereocenters. The van der Waals surface area contributed by atoms with E-state index in [1.54, 1.807) is 0 Å². The van der Waals surface area contributed by atoms with Crippen molar-refractivity contribution >= 4 is 0 Å². The van der Waals surface area contributed by atoms with E-state index < -0.39 is 38.3 Å². The molecule has 0 heterocycles. The van der Waals surface area contributed by atoms with Crippen molar-refractivity contribution in [3.8, 4) is 0 Å². The van der Waals surface area contributed by atoms with Gasteiger partial charge in [-0.25, -0.2) is 0 Å². The summed E-state index contributed by atoms with van der Waals surface area (Å²) in [4.78, 5) is 0. The maximum atomic E-state index is 9.04. The van der Waals surface area contributed by atoms with Crippen molar-refractivity contribution < 1.29 is 35.0 Å². The average molecular weight is 226 g/mol. The van der Waals surface area contributed by atoms with Gasteiger partial charge in [-0.2, -0.15) is 0 Å². The smallest absolute Gasteiger partial charge is 0.168 e. The van der Waals surface area contributed by atoms with Gasteiger partial charge >= 0.3 is 0 Å². The van der Waals surface area contributed by atoms with Crippen molar-refractivity contribution in [1.82, 2.24) is 0 Å². The van der Waals surface area contributed by atoms with E-state index >= 15 is 0 Å². The molecule has 0 rings (SSSR count). The van der Waals surface area contributed by atoms with Crippen molar-refractivity contribution in [1.29, 1.82) is 0 Å². The molecular formula is C8H18O7. The minimum atomic E-state index is -1.07. The van der Waals surface area contributed by atoms with Crippen LogP contribution < -0.4 is 0 Å². The van der Waals surface area contributed by atoms with Crippen molar-refractivity contribution in [3.63, 3.8) is 0 Å². The highest BCUT2D eigenvalue weighted by molar-refractivity contribution is 4.71. The lowest BCUT2D eigenvalue weighted by Crippen LogP contribution is -2.38. The molecule has 0 radical (unpaired) electrons. The summed E-state index contributed by atoms with van der Waals surface area (Å²) in [5, 5.41) is 43.9. The largest absolute Gasteiger partial charge is 0.396 e. The first-order chi connectivity index (χ1) is 7.24. The Morgan fingerprint density at radius 3 is 1.47 bits per heavy atom. The summed E-state index contributed by atoms with van der Waals surface area (Å²) in [5.41, 5.74) is 0. The van der Waals surface area contributed by atoms with Crippen LogP contribution in [0.4, 0.5) is 0 Å². The van der Waals surface area contributed by atoms with E-state index in [1.807, 2.05) is 0 Å². The zero-order chi connectivity index (χ0) is 11.7. The minimum Gasteiger partial charge on any atom is -0.396 e. The molecule has 92 valence electrons. The summed E-state index contributed by atoms with van der Waals surface area (Å²) in [6, 6.07) is 0. The van der Waals surface area contributed by atoms with Gasteiger partial charge in [0.1, 0.15) is 13.6 Å². The Bertz CT molecular complexity index is 133. The van der Waals surface area contributed by atoms with E-state index in [1.165, 1.54) is 0 Å². The molecule has 0 aromatic carbocycles. The molecule has 5 N–H and O–H groups in total. The van der Waals surface area contributed by atoms with E-state index in [4.69, 9.17) is 35.0 Å². The van der Waals surface area contributed by atoms with Crippen molar-refractivity contribution in [2.45, 2.75) is 6.29 Å². The second-order valence-electron chi connectivity index (χ2n) is 2.93. The lowest BCUT2D eigenvalue weighted by Gasteiger charge is -2.29. The van der Waals surface area contributed by atoms with Crippen molar-refractivity contribution in [2.75, 3.05) is 33.4 Å². The average Bonchev–Trinajstić information content (AvgIpc) is 2.25. The van der Waals surface area contributed by atoms with Crippen LogP contribution in [0.15, 0.2) is 0 Å². The molecule has 0 aliphatic heterocycles. The van der Waals surface area contributed by atoms with E-state index in [-0.39, 0.29) is 13.2 Å². The van der Waals surface area contributed by atoms with Gasteiger partial charge in [0.15, 0.2) is 6.29 Å². The third-order valence-corrected chi connectivity index (χ3v) is 2.11. The summed E-state index contributed by atoms with van der Waals surface area (Å²) >= 11 is 0. The number of aliphatic hydroxyl groups excluding tert-OH is 5. The van der Waals surface area contributed by atoms with E-state index in [9.17, 15) is 0 Å². The third-order valence-electron chi connectivity index (χ3n) is 2.11. The molecule has 0 saturated carbocycles. The standard InChI is InChI=1S/C8H18O7/c9-1-6(2-10)7(3-11)8(14-4-12)15-5-13/h6-13H,1-5H2. The number of aliphatic hydroxyl groups is 5. The van der Waals surface area contributed by atoms with Gasteiger partial charge in [-0.3, -0.25) is 0 Å². The summed E-state index contributed by atoms with van der Waals surface area (Å²) in [6.45, 7) is -2.42. The Labute approximate surface area is 87.5 Å². The minimum absolute atomic E-state index is 0.359. The SMILES string of the molecule is OCOC(OCO)C(CO)C(CO)CO. The highest BCUT2D eigenvalue weighted by atomic mass is 16.7. The highest BCUT2D eigenvalue weighted by Gasteiger charge is 2.29. The Morgan fingerprint density at radius 2 is 1.20 bits per heavy atom. The molecule has 7 nitrogen and oxygen atoms in total. The fourth-order valence-electron chi connectivity index (χ4n) is 1.23. The predicted octanol–water partition coefficient (Wildman–Crippen LogP) is -2.55. The Kier molecular flexibility index (Phi) is 8.82. The molecule has 15 heavy (non-hydrogen) atoms.